The van der Waals surface area contributed by atoms with Crippen molar-refractivity contribution in [2.45, 2.75) is 19.1 Å². The van der Waals surface area contributed by atoms with Crippen LogP contribution in [-0.2, 0) is 4.74 Å². The molecule has 0 aromatic carbocycles. The fraction of sp³-hybridized carbons (Fsp3) is 0.667. The SMILES string of the molecule is CC1CN(C(=O)c2csnn2)CC(CCl)O1. The van der Waals surface area contributed by atoms with Crippen LogP contribution in [0.25, 0.3) is 0 Å². The highest BCUT2D eigenvalue weighted by Crippen LogP contribution is 2.14. The van der Waals surface area contributed by atoms with E-state index in [1.807, 2.05) is 6.92 Å². The van der Waals surface area contributed by atoms with E-state index in [0.29, 0.717) is 24.7 Å². The van der Waals surface area contributed by atoms with Crippen molar-refractivity contribution in [3.8, 4) is 0 Å². The molecule has 5 nitrogen and oxygen atoms in total. The maximum absolute atomic E-state index is 12.0. The molecule has 0 spiro atoms. The number of aromatic nitrogens is 2. The summed E-state index contributed by atoms with van der Waals surface area (Å²) in [5.41, 5.74) is 0.396. The van der Waals surface area contributed by atoms with Crippen LogP contribution in [0.3, 0.4) is 0 Å². The lowest BCUT2D eigenvalue weighted by Gasteiger charge is -2.35. The number of ether oxygens (including phenoxy) is 1. The summed E-state index contributed by atoms with van der Waals surface area (Å²) in [6, 6.07) is 0. The molecule has 2 rings (SSSR count). The van der Waals surface area contributed by atoms with E-state index < -0.39 is 0 Å². The summed E-state index contributed by atoms with van der Waals surface area (Å²) in [6.45, 7) is 3.02. The summed E-state index contributed by atoms with van der Waals surface area (Å²) in [5, 5.41) is 5.42. The van der Waals surface area contributed by atoms with Crippen LogP contribution >= 0.6 is 23.1 Å². The molecule has 1 aliphatic rings. The normalized spacial score (nSPS) is 25.8. The summed E-state index contributed by atoms with van der Waals surface area (Å²) in [4.78, 5) is 13.7. The van der Waals surface area contributed by atoms with Gasteiger partial charge in [-0.1, -0.05) is 4.49 Å². The van der Waals surface area contributed by atoms with Gasteiger partial charge in [-0.05, 0) is 18.5 Å². The van der Waals surface area contributed by atoms with Crippen LogP contribution in [0.5, 0.6) is 0 Å². The Kier molecular flexibility index (Phi) is 3.73. The number of morpholine rings is 1. The Labute approximate surface area is 103 Å². The van der Waals surface area contributed by atoms with Gasteiger partial charge in [0.15, 0.2) is 5.69 Å². The third-order valence-electron chi connectivity index (χ3n) is 2.36. The Morgan fingerprint density at radius 1 is 1.75 bits per heavy atom. The first-order valence-corrected chi connectivity index (χ1v) is 6.35. The maximum Gasteiger partial charge on any atom is 0.275 e. The van der Waals surface area contributed by atoms with Gasteiger partial charge >= 0.3 is 0 Å². The number of carbonyl (C=O) groups excluding carboxylic acids is 1. The first-order chi connectivity index (χ1) is 7.70. The molecule has 0 bridgehead atoms. The molecule has 7 heteroatoms. The number of hydrogen-bond donors (Lipinski definition) is 0. The van der Waals surface area contributed by atoms with E-state index in [-0.39, 0.29) is 18.1 Å². The van der Waals surface area contributed by atoms with Gasteiger partial charge < -0.3 is 9.64 Å². The summed E-state index contributed by atoms with van der Waals surface area (Å²) in [5.74, 6) is 0.294. The van der Waals surface area contributed by atoms with E-state index >= 15 is 0 Å². The summed E-state index contributed by atoms with van der Waals surface area (Å²) >= 11 is 6.93. The zero-order valence-electron chi connectivity index (χ0n) is 8.80. The summed E-state index contributed by atoms with van der Waals surface area (Å²) in [7, 11) is 0. The smallest absolute Gasteiger partial charge is 0.275 e. The fourth-order valence-corrected chi connectivity index (χ4v) is 2.32. The molecule has 0 N–H and O–H groups in total. The Balaban J connectivity index is 2.06. The molecule has 1 fully saturated rings. The van der Waals surface area contributed by atoms with Crippen molar-refractivity contribution < 1.29 is 9.53 Å². The van der Waals surface area contributed by atoms with Crippen LogP contribution in [0.1, 0.15) is 17.4 Å². The fourth-order valence-electron chi connectivity index (χ4n) is 1.72. The van der Waals surface area contributed by atoms with Crippen molar-refractivity contribution in [3.63, 3.8) is 0 Å². The zero-order valence-corrected chi connectivity index (χ0v) is 10.4. The van der Waals surface area contributed by atoms with E-state index in [4.69, 9.17) is 16.3 Å². The molecule has 1 aromatic rings. The lowest BCUT2D eigenvalue weighted by Crippen LogP contribution is -2.49. The van der Waals surface area contributed by atoms with Crippen molar-refractivity contribution in [1.29, 1.82) is 0 Å². The number of alkyl halides is 1. The van der Waals surface area contributed by atoms with Gasteiger partial charge in [0.25, 0.3) is 5.91 Å². The lowest BCUT2D eigenvalue weighted by atomic mass is 10.2. The Morgan fingerprint density at radius 2 is 2.56 bits per heavy atom. The highest BCUT2D eigenvalue weighted by Gasteiger charge is 2.29. The molecule has 0 saturated carbocycles. The number of rotatable bonds is 2. The standard InChI is InChI=1S/C9H12ClN3O2S/c1-6-3-13(4-7(2-10)15-6)9(14)8-5-16-12-11-8/h5-7H,2-4H2,1H3. The molecule has 1 aliphatic heterocycles. The number of amides is 1. The van der Waals surface area contributed by atoms with Crippen LogP contribution in [0.2, 0.25) is 0 Å². The Hall–Kier alpha value is -0.720. The van der Waals surface area contributed by atoms with Gasteiger partial charge in [0.2, 0.25) is 0 Å². The van der Waals surface area contributed by atoms with Crippen molar-refractivity contribution in [3.05, 3.63) is 11.1 Å². The molecule has 0 aliphatic carbocycles. The molecule has 2 heterocycles. The highest BCUT2D eigenvalue weighted by molar-refractivity contribution is 7.03. The van der Waals surface area contributed by atoms with E-state index in [9.17, 15) is 4.79 Å². The van der Waals surface area contributed by atoms with Gasteiger partial charge in [-0.2, -0.15) is 0 Å². The second-order valence-electron chi connectivity index (χ2n) is 3.72. The van der Waals surface area contributed by atoms with Gasteiger partial charge in [0.1, 0.15) is 0 Å². The zero-order chi connectivity index (χ0) is 11.5. The topological polar surface area (TPSA) is 55.3 Å². The first-order valence-electron chi connectivity index (χ1n) is 4.98. The number of nitrogens with zero attached hydrogens (tertiary/aromatic N) is 3. The van der Waals surface area contributed by atoms with Gasteiger partial charge in [-0.25, -0.2) is 0 Å². The van der Waals surface area contributed by atoms with Crippen molar-refractivity contribution in [1.82, 2.24) is 14.5 Å². The van der Waals surface area contributed by atoms with E-state index in [2.05, 4.69) is 9.59 Å². The molecule has 88 valence electrons. The molecule has 1 amide bonds. The van der Waals surface area contributed by atoms with E-state index in [0.717, 1.165) is 0 Å². The minimum atomic E-state index is -0.0981. The van der Waals surface area contributed by atoms with Gasteiger partial charge in [-0.3, -0.25) is 4.79 Å². The molecule has 1 saturated heterocycles. The second-order valence-corrected chi connectivity index (χ2v) is 4.64. The van der Waals surface area contributed by atoms with E-state index in [1.54, 1.807) is 10.3 Å². The average Bonchev–Trinajstić information content (AvgIpc) is 2.80. The Morgan fingerprint density at radius 3 is 3.19 bits per heavy atom. The quantitative estimate of drug-likeness (QED) is 0.746. The minimum Gasteiger partial charge on any atom is -0.370 e. The molecule has 2 atom stereocenters. The van der Waals surface area contributed by atoms with Crippen LogP contribution in [-0.4, -0.2) is 51.6 Å². The third-order valence-corrected chi connectivity index (χ3v) is 3.21. The number of halogens is 1. The predicted molar refractivity (Wildman–Crippen MR) is 60.9 cm³/mol. The van der Waals surface area contributed by atoms with Gasteiger partial charge in [-0.15, -0.1) is 16.7 Å². The van der Waals surface area contributed by atoms with Crippen LogP contribution in [0.15, 0.2) is 5.38 Å². The van der Waals surface area contributed by atoms with Crippen molar-refractivity contribution in [2.24, 2.45) is 0 Å². The number of carbonyl (C=O) groups is 1. The molecular formula is C9H12ClN3O2S. The van der Waals surface area contributed by atoms with Crippen LogP contribution < -0.4 is 0 Å². The van der Waals surface area contributed by atoms with Gasteiger partial charge in [0.05, 0.1) is 18.1 Å². The first kappa shape index (κ1) is 11.8. The monoisotopic (exact) mass is 261 g/mol. The minimum absolute atomic E-state index is 0.00745. The largest absolute Gasteiger partial charge is 0.370 e. The predicted octanol–water partition coefficient (Wildman–Crippen LogP) is 1.01. The molecular weight excluding hydrogens is 250 g/mol. The average molecular weight is 262 g/mol. The maximum atomic E-state index is 12.0. The molecule has 2 unspecified atom stereocenters. The molecule has 1 aromatic heterocycles. The highest BCUT2D eigenvalue weighted by atomic mass is 35.5. The second kappa shape index (κ2) is 5.07. The molecule has 0 radical (unpaired) electrons. The summed E-state index contributed by atoms with van der Waals surface area (Å²) in [6.07, 6.45) is -0.0889. The number of hydrogen-bond acceptors (Lipinski definition) is 5. The van der Waals surface area contributed by atoms with Crippen LogP contribution in [0.4, 0.5) is 0 Å². The Bertz CT molecular complexity index is 360. The van der Waals surface area contributed by atoms with Gasteiger partial charge in [0, 0.05) is 18.5 Å². The summed E-state index contributed by atoms with van der Waals surface area (Å²) < 4.78 is 9.26. The van der Waals surface area contributed by atoms with Crippen molar-refractivity contribution >= 4 is 29.0 Å². The van der Waals surface area contributed by atoms with Crippen LogP contribution in [0, 0.1) is 0 Å². The third kappa shape index (κ3) is 2.50. The molecule has 16 heavy (non-hydrogen) atoms. The van der Waals surface area contributed by atoms with E-state index in [1.165, 1.54) is 11.5 Å². The lowest BCUT2D eigenvalue weighted by molar-refractivity contribution is -0.0571. The van der Waals surface area contributed by atoms with Crippen molar-refractivity contribution in [2.75, 3.05) is 19.0 Å².